The molecule has 2 aliphatic rings. The van der Waals surface area contributed by atoms with E-state index in [0.717, 1.165) is 19.3 Å². The van der Waals surface area contributed by atoms with Crippen LogP contribution in [-0.2, 0) is 0 Å². The number of aliphatic hydroxyl groups is 1. The smallest absolute Gasteiger partial charge is 0.0666 e. The van der Waals surface area contributed by atoms with Crippen molar-refractivity contribution in [3.05, 3.63) is 0 Å². The molecule has 2 aliphatic carbocycles. The van der Waals surface area contributed by atoms with Gasteiger partial charge in [0.2, 0.25) is 0 Å². The summed E-state index contributed by atoms with van der Waals surface area (Å²) < 4.78 is 0. The molecule has 2 bridgehead atoms. The fourth-order valence-corrected chi connectivity index (χ4v) is 2.52. The normalized spacial score (nSPS) is 52.2. The molecule has 0 aromatic rings. The number of nitrogens with one attached hydrogen (secondary N) is 1. The minimum atomic E-state index is -0.289. The highest BCUT2D eigenvalue weighted by molar-refractivity contribution is 5.09. The monoisotopic (exact) mass is 141 g/mol. The number of fused-ring (bicyclic) bond motifs is 2. The lowest BCUT2D eigenvalue weighted by Crippen LogP contribution is -2.37. The summed E-state index contributed by atoms with van der Waals surface area (Å²) in [5, 5.41) is 13.1. The van der Waals surface area contributed by atoms with Crippen molar-refractivity contribution in [2.24, 2.45) is 0 Å². The van der Waals surface area contributed by atoms with E-state index in [9.17, 15) is 5.11 Å². The maximum atomic E-state index is 9.80. The topological polar surface area (TPSA) is 32.3 Å². The molecular formula is C8H15NO. The third-order valence-electron chi connectivity index (χ3n) is 3.34. The van der Waals surface area contributed by atoms with Gasteiger partial charge in [0.1, 0.15) is 0 Å². The van der Waals surface area contributed by atoms with Crippen LogP contribution in [0.3, 0.4) is 0 Å². The van der Waals surface area contributed by atoms with Gasteiger partial charge in [-0.15, -0.1) is 0 Å². The molecule has 2 nitrogen and oxygen atoms in total. The van der Waals surface area contributed by atoms with Gasteiger partial charge in [0.05, 0.1) is 5.60 Å². The molecule has 0 aliphatic heterocycles. The van der Waals surface area contributed by atoms with Gasteiger partial charge in [-0.3, -0.25) is 0 Å². The zero-order valence-corrected chi connectivity index (χ0v) is 6.48. The van der Waals surface area contributed by atoms with Crippen LogP contribution in [0.4, 0.5) is 0 Å². The van der Waals surface area contributed by atoms with Crippen molar-refractivity contribution in [3.63, 3.8) is 0 Å². The maximum Gasteiger partial charge on any atom is 0.0666 e. The molecule has 2 saturated carbocycles. The zero-order valence-electron chi connectivity index (χ0n) is 6.48. The first-order chi connectivity index (χ1) is 4.68. The maximum absolute atomic E-state index is 9.80. The lowest BCUT2D eigenvalue weighted by atomic mass is 9.93. The molecule has 2 heteroatoms. The molecule has 0 saturated heterocycles. The van der Waals surface area contributed by atoms with Gasteiger partial charge in [-0.05, 0) is 39.2 Å². The van der Waals surface area contributed by atoms with Crippen LogP contribution >= 0.6 is 0 Å². The van der Waals surface area contributed by atoms with Crippen LogP contribution in [0.5, 0.6) is 0 Å². The summed E-state index contributed by atoms with van der Waals surface area (Å²) in [6.07, 6.45) is 5.33. The minimum absolute atomic E-state index is 0.289. The summed E-state index contributed by atoms with van der Waals surface area (Å²) in [7, 11) is 2.01. The van der Waals surface area contributed by atoms with E-state index in [0.29, 0.717) is 5.54 Å². The predicted molar refractivity (Wildman–Crippen MR) is 39.8 cm³/mol. The molecule has 0 atom stereocenters. The summed E-state index contributed by atoms with van der Waals surface area (Å²) in [5.74, 6) is 0. The molecule has 0 aromatic carbocycles. The molecule has 0 amide bonds. The summed E-state index contributed by atoms with van der Waals surface area (Å²) in [6.45, 7) is 0. The van der Waals surface area contributed by atoms with Crippen molar-refractivity contribution in [1.82, 2.24) is 5.32 Å². The highest BCUT2D eigenvalue weighted by atomic mass is 16.3. The van der Waals surface area contributed by atoms with Crippen molar-refractivity contribution >= 4 is 0 Å². The van der Waals surface area contributed by atoms with Crippen molar-refractivity contribution < 1.29 is 5.11 Å². The molecule has 0 aromatic heterocycles. The highest BCUT2D eigenvalue weighted by Crippen LogP contribution is 2.50. The van der Waals surface area contributed by atoms with Crippen molar-refractivity contribution in [3.8, 4) is 0 Å². The third kappa shape index (κ3) is 0.722. The summed E-state index contributed by atoms with van der Waals surface area (Å²) >= 11 is 0. The van der Waals surface area contributed by atoms with Crippen LogP contribution in [0.15, 0.2) is 0 Å². The Labute approximate surface area is 61.6 Å². The van der Waals surface area contributed by atoms with E-state index in [1.165, 1.54) is 12.8 Å². The van der Waals surface area contributed by atoms with E-state index in [-0.39, 0.29) is 5.60 Å². The van der Waals surface area contributed by atoms with Crippen LogP contribution in [-0.4, -0.2) is 23.3 Å². The fourth-order valence-electron chi connectivity index (χ4n) is 2.52. The van der Waals surface area contributed by atoms with Gasteiger partial charge in [0, 0.05) is 5.54 Å². The van der Waals surface area contributed by atoms with Crippen LogP contribution in [0.1, 0.15) is 32.1 Å². The van der Waals surface area contributed by atoms with Crippen LogP contribution in [0.25, 0.3) is 0 Å². The molecule has 2 rings (SSSR count). The van der Waals surface area contributed by atoms with Crippen LogP contribution in [0.2, 0.25) is 0 Å². The first-order valence-electron chi connectivity index (χ1n) is 4.09. The van der Waals surface area contributed by atoms with E-state index in [2.05, 4.69) is 5.32 Å². The van der Waals surface area contributed by atoms with E-state index in [4.69, 9.17) is 0 Å². The zero-order chi connectivity index (χ0) is 7.24. The second kappa shape index (κ2) is 1.74. The standard InChI is InChI=1S/C8H15NO/c1-9-7-2-4-8(10,6-7)5-3-7/h9-10H,2-6H2,1H3. The van der Waals surface area contributed by atoms with Crippen LogP contribution < -0.4 is 5.32 Å². The molecule has 0 unspecified atom stereocenters. The Balaban J connectivity index is 2.19. The lowest BCUT2D eigenvalue weighted by Gasteiger charge is -2.25. The van der Waals surface area contributed by atoms with E-state index in [1.807, 2.05) is 7.05 Å². The van der Waals surface area contributed by atoms with Crippen molar-refractivity contribution in [1.29, 1.82) is 0 Å². The third-order valence-corrected chi connectivity index (χ3v) is 3.34. The van der Waals surface area contributed by atoms with E-state index >= 15 is 0 Å². The van der Waals surface area contributed by atoms with Gasteiger partial charge in [-0.2, -0.15) is 0 Å². The number of hydrogen-bond donors (Lipinski definition) is 2. The largest absolute Gasteiger partial charge is 0.390 e. The van der Waals surface area contributed by atoms with E-state index < -0.39 is 0 Å². The van der Waals surface area contributed by atoms with Gasteiger partial charge in [0.25, 0.3) is 0 Å². The molecule has 10 heavy (non-hydrogen) atoms. The Bertz CT molecular complexity index is 147. The van der Waals surface area contributed by atoms with Crippen molar-refractivity contribution in [2.45, 2.75) is 43.2 Å². The second-order valence-corrected chi connectivity index (χ2v) is 3.93. The molecule has 0 heterocycles. The lowest BCUT2D eigenvalue weighted by molar-refractivity contribution is 0.0521. The SMILES string of the molecule is CNC12CCC(O)(CC1)C2. The summed E-state index contributed by atoms with van der Waals surface area (Å²) in [5.41, 5.74) is 0.0256. The Morgan fingerprint density at radius 3 is 2.00 bits per heavy atom. The summed E-state index contributed by atoms with van der Waals surface area (Å²) in [6, 6.07) is 0. The van der Waals surface area contributed by atoms with Gasteiger partial charge in [-0.25, -0.2) is 0 Å². The molecule has 0 radical (unpaired) electrons. The minimum Gasteiger partial charge on any atom is -0.390 e. The Morgan fingerprint density at radius 2 is 1.80 bits per heavy atom. The molecule has 58 valence electrons. The molecule has 0 spiro atoms. The summed E-state index contributed by atoms with van der Waals surface area (Å²) in [4.78, 5) is 0. The van der Waals surface area contributed by atoms with Gasteiger partial charge in [0.15, 0.2) is 0 Å². The van der Waals surface area contributed by atoms with Gasteiger partial charge >= 0.3 is 0 Å². The fraction of sp³-hybridized carbons (Fsp3) is 1.00. The Kier molecular flexibility index (Phi) is 1.15. The average Bonchev–Trinajstić information content (AvgIpc) is 2.42. The number of hydrogen-bond acceptors (Lipinski definition) is 2. The molecular weight excluding hydrogens is 126 g/mol. The Hall–Kier alpha value is -0.0800. The van der Waals surface area contributed by atoms with Crippen LogP contribution in [0, 0.1) is 0 Å². The highest BCUT2D eigenvalue weighted by Gasteiger charge is 2.52. The Morgan fingerprint density at radius 1 is 1.20 bits per heavy atom. The number of rotatable bonds is 1. The first kappa shape index (κ1) is 6.62. The average molecular weight is 141 g/mol. The van der Waals surface area contributed by atoms with Gasteiger partial charge in [-0.1, -0.05) is 0 Å². The first-order valence-corrected chi connectivity index (χ1v) is 4.09. The van der Waals surface area contributed by atoms with E-state index in [1.54, 1.807) is 0 Å². The van der Waals surface area contributed by atoms with Gasteiger partial charge < -0.3 is 10.4 Å². The quantitative estimate of drug-likeness (QED) is 0.562. The second-order valence-electron chi connectivity index (χ2n) is 3.93. The molecule has 2 fully saturated rings. The predicted octanol–water partition coefficient (Wildman–Crippen LogP) is 0.653. The molecule has 2 N–H and O–H groups in total. The van der Waals surface area contributed by atoms with Crippen molar-refractivity contribution in [2.75, 3.05) is 7.05 Å².